The average Bonchev–Trinajstić information content (AvgIpc) is 3.11. The second-order valence-corrected chi connectivity index (χ2v) is 6.19. The first-order chi connectivity index (χ1) is 12.8. The minimum atomic E-state index is 0. The van der Waals surface area contributed by atoms with E-state index in [4.69, 9.17) is 0 Å². The first-order valence-electron chi connectivity index (χ1n) is 9.07. The number of pyridine rings is 1. The number of aromatic nitrogens is 1. The van der Waals surface area contributed by atoms with Gasteiger partial charge in [-0.15, -0.1) is 24.0 Å². The Balaban J connectivity index is 0.00000261. The summed E-state index contributed by atoms with van der Waals surface area (Å²) in [6.45, 7) is 4.86. The van der Waals surface area contributed by atoms with E-state index < -0.39 is 0 Å². The third-order valence-corrected chi connectivity index (χ3v) is 4.25. The molecule has 1 saturated heterocycles. The first kappa shape index (κ1) is 21.1. The zero-order valence-electron chi connectivity index (χ0n) is 15.5. The number of hydrogen-bond donors (Lipinski definition) is 2. The zero-order chi connectivity index (χ0) is 18.2. The van der Waals surface area contributed by atoms with Crippen molar-refractivity contribution < 1.29 is 4.79 Å². The van der Waals surface area contributed by atoms with Crippen LogP contribution in [-0.4, -0.2) is 29.9 Å². The van der Waals surface area contributed by atoms with Crippen LogP contribution in [0.15, 0.2) is 53.7 Å². The summed E-state index contributed by atoms with van der Waals surface area (Å²) in [7, 11) is 0. The molecule has 0 saturated carbocycles. The van der Waals surface area contributed by atoms with Gasteiger partial charge in [0.15, 0.2) is 5.96 Å². The molecule has 3 rings (SSSR count). The molecule has 0 aliphatic carbocycles. The molecule has 0 radical (unpaired) electrons. The SMILES string of the molecule is CCNC(=NCc1ccc(N2CCCC2=O)cc1)NCc1ccccn1.I. The maximum Gasteiger partial charge on any atom is 0.227 e. The van der Waals surface area contributed by atoms with Gasteiger partial charge in [0.2, 0.25) is 5.91 Å². The molecule has 0 spiro atoms. The highest BCUT2D eigenvalue weighted by Crippen LogP contribution is 2.21. The lowest BCUT2D eigenvalue weighted by Gasteiger charge is -2.16. The van der Waals surface area contributed by atoms with Gasteiger partial charge in [-0.25, -0.2) is 4.99 Å². The predicted molar refractivity (Wildman–Crippen MR) is 119 cm³/mol. The Hall–Kier alpha value is -2.16. The number of aliphatic imine (C=N–C) groups is 1. The van der Waals surface area contributed by atoms with Gasteiger partial charge in [-0.1, -0.05) is 18.2 Å². The van der Waals surface area contributed by atoms with E-state index in [1.165, 1.54) is 0 Å². The smallest absolute Gasteiger partial charge is 0.227 e. The van der Waals surface area contributed by atoms with Crippen LogP contribution in [0.25, 0.3) is 0 Å². The van der Waals surface area contributed by atoms with Gasteiger partial charge < -0.3 is 15.5 Å². The molecule has 1 amide bonds. The molecule has 1 aliphatic heterocycles. The minimum Gasteiger partial charge on any atom is -0.357 e. The van der Waals surface area contributed by atoms with E-state index in [9.17, 15) is 4.79 Å². The van der Waals surface area contributed by atoms with Gasteiger partial charge >= 0.3 is 0 Å². The van der Waals surface area contributed by atoms with Crippen molar-refractivity contribution in [2.24, 2.45) is 4.99 Å². The Morgan fingerprint density at radius 2 is 2.00 bits per heavy atom. The number of nitrogens with zero attached hydrogens (tertiary/aromatic N) is 3. The van der Waals surface area contributed by atoms with E-state index in [0.717, 1.165) is 42.4 Å². The van der Waals surface area contributed by atoms with Crippen molar-refractivity contribution in [2.45, 2.75) is 32.9 Å². The standard InChI is InChI=1S/C20H25N5O.HI/c1-2-21-20(24-15-17-6-3-4-12-22-17)23-14-16-8-10-18(11-9-16)25-13-5-7-19(25)26;/h3-4,6,8-12H,2,5,7,13-15H2,1H3,(H2,21,23,24);1H. The molecule has 0 unspecified atom stereocenters. The molecule has 144 valence electrons. The van der Waals surface area contributed by atoms with Crippen LogP contribution in [0.3, 0.4) is 0 Å². The van der Waals surface area contributed by atoms with E-state index in [1.807, 2.05) is 54.3 Å². The Morgan fingerprint density at radius 3 is 2.63 bits per heavy atom. The van der Waals surface area contributed by atoms with Gasteiger partial charge in [0, 0.05) is 31.4 Å². The number of halogens is 1. The quantitative estimate of drug-likeness (QED) is 0.380. The number of benzene rings is 1. The molecule has 2 heterocycles. The van der Waals surface area contributed by atoms with E-state index >= 15 is 0 Å². The number of nitrogens with one attached hydrogen (secondary N) is 2. The fourth-order valence-electron chi connectivity index (χ4n) is 2.89. The number of carbonyl (C=O) groups is 1. The summed E-state index contributed by atoms with van der Waals surface area (Å²) in [5.74, 6) is 0.973. The summed E-state index contributed by atoms with van der Waals surface area (Å²) in [6.07, 6.45) is 3.38. The van der Waals surface area contributed by atoms with E-state index in [2.05, 4.69) is 20.6 Å². The van der Waals surface area contributed by atoms with Crippen molar-refractivity contribution in [3.63, 3.8) is 0 Å². The van der Waals surface area contributed by atoms with Gasteiger partial charge in [-0.2, -0.15) is 0 Å². The minimum absolute atomic E-state index is 0. The second-order valence-electron chi connectivity index (χ2n) is 6.19. The Kier molecular flexibility index (Phi) is 8.50. The molecule has 0 atom stereocenters. The molecule has 1 aromatic carbocycles. The average molecular weight is 479 g/mol. The molecule has 2 aromatic rings. The van der Waals surface area contributed by atoms with Gasteiger partial charge in [0.05, 0.1) is 18.8 Å². The lowest BCUT2D eigenvalue weighted by molar-refractivity contribution is -0.117. The maximum absolute atomic E-state index is 11.8. The zero-order valence-corrected chi connectivity index (χ0v) is 17.8. The molecule has 1 fully saturated rings. The molecular weight excluding hydrogens is 453 g/mol. The van der Waals surface area contributed by atoms with Crippen LogP contribution in [0.1, 0.15) is 31.0 Å². The van der Waals surface area contributed by atoms with Crippen molar-refractivity contribution in [3.05, 3.63) is 59.9 Å². The molecule has 1 aliphatic rings. The van der Waals surface area contributed by atoms with Gasteiger partial charge in [0.1, 0.15) is 0 Å². The fraction of sp³-hybridized carbons (Fsp3) is 0.350. The summed E-state index contributed by atoms with van der Waals surface area (Å²) in [4.78, 5) is 22.6. The molecular formula is C20H26IN5O. The number of anilines is 1. The number of guanidine groups is 1. The summed E-state index contributed by atoms with van der Waals surface area (Å²) in [6, 6.07) is 13.9. The van der Waals surface area contributed by atoms with Crippen molar-refractivity contribution in [3.8, 4) is 0 Å². The van der Waals surface area contributed by atoms with E-state index in [1.54, 1.807) is 6.20 Å². The largest absolute Gasteiger partial charge is 0.357 e. The van der Waals surface area contributed by atoms with Crippen molar-refractivity contribution in [2.75, 3.05) is 18.0 Å². The van der Waals surface area contributed by atoms with Crippen molar-refractivity contribution >= 4 is 41.5 Å². The lowest BCUT2D eigenvalue weighted by atomic mass is 10.2. The van der Waals surface area contributed by atoms with Crippen LogP contribution in [0.4, 0.5) is 5.69 Å². The summed E-state index contributed by atoms with van der Waals surface area (Å²) >= 11 is 0. The normalized spacial score (nSPS) is 14.0. The summed E-state index contributed by atoms with van der Waals surface area (Å²) in [5, 5.41) is 6.54. The highest BCUT2D eigenvalue weighted by Gasteiger charge is 2.21. The van der Waals surface area contributed by atoms with Crippen LogP contribution in [0, 0.1) is 0 Å². The summed E-state index contributed by atoms with van der Waals surface area (Å²) < 4.78 is 0. The number of carbonyl (C=O) groups excluding carboxylic acids is 1. The molecule has 6 nitrogen and oxygen atoms in total. The predicted octanol–water partition coefficient (Wildman–Crippen LogP) is 3.08. The van der Waals surface area contributed by atoms with Gasteiger partial charge in [-0.05, 0) is 43.2 Å². The highest BCUT2D eigenvalue weighted by atomic mass is 127. The molecule has 27 heavy (non-hydrogen) atoms. The Morgan fingerprint density at radius 1 is 1.19 bits per heavy atom. The van der Waals surface area contributed by atoms with Gasteiger partial charge in [0.25, 0.3) is 0 Å². The second kappa shape index (κ2) is 10.9. The highest BCUT2D eigenvalue weighted by molar-refractivity contribution is 14.0. The maximum atomic E-state index is 11.8. The monoisotopic (exact) mass is 479 g/mol. The Bertz CT molecular complexity index is 749. The topological polar surface area (TPSA) is 69.6 Å². The Labute approximate surface area is 177 Å². The third kappa shape index (κ3) is 6.20. The molecule has 2 N–H and O–H groups in total. The lowest BCUT2D eigenvalue weighted by Crippen LogP contribution is -2.37. The van der Waals surface area contributed by atoms with Crippen LogP contribution in [-0.2, 0) is 17.9 Å². The summed E-state index contributed by atoms with van der Waals surface area (Å²) in [5.41, 5.74) is 3.05. The van der Waals surface area contributed by atoms with Gasteiger partial charge in [-0.3, -0.25) is 9.78 Å². The van der Waals surface area contributed by atoms with Crippen molar-refractivity contribution in [1.29, 1.82) is 0 Å². The number of amides is 1. The fourth-order valence-corrected chi connectivity index (χ4v) is 2.89. The van der Waals surface area contributed by atoms with Crippen LogP contribution in [0.5, 0.6) is 0 Å². The van der Waals surface area contributed by atoms with Crippen LogP contribution >= 0.6 is 24.0 Å². The van der Waals surface area contributed by atoms with Crippen LogP contribution < -0.4 is 15.5 Å². The van der Waals surface area contributed by atoms with Crippen LogP contribution in [0.2, 0.25) is 0 Å². The van der Waals surface area contributed by atoms with E-state index in [0.29, 0.717) is 19.5 Å². The molecule has 7 heteroatoms. The van der Waals surface area contributed by atoms with E-state index in [-0.39, 0.29) is 29.9 Å². The number of rotatable bonds is 6. The van der Waals surface area contributed by atoms with Crippen molar-refractivity contribution in [1.82, 2.24) is 15.6 Å². The number of hydrogen-bond acceptors (Lipinski definition) is 3. The first-order valence-corrected chi connectivity index (χ1v) is 9.07. The molecule has 1 aromatic heterocycles. The third-order valence-electron chi connectivity index (χ3n) is 4.25. The molecule has 0 bridgehead atoms.